The van der Waals surface area contributed by atoms with E-state index in [2.05, 4.69) is 18.8 Å². The highest BCUT2D eigenvalue weighted by Crippen LogP contribution is 2.12. The highest BCUT2D eigenvalue weighted by molar-refractivity contribution is 6.23. The Morgan fingerprint density at radius 1 is 1.54 bits per heavy atom. The summed E-state index contributed by atoms with van der Waals surface area (Å²) in [6.07, 6.45) is 1.75. The van der Waals surface area contributed by atoms with Gasteiger partial charge in [-0.3, -0.25) is 9.78 Å². The van der Waals surface area contributed by atoms with Crippen LogP contribution in [0.4, 0.5) is 0 Å². The summed E-state index contributed by atoms with van der Waals surface area (Å²) in [6.45, 7) is 4.17. The lowest BCUT2D eigenvalue weighted by atomic mass is 9.98. The molecule has 1 aromatic heterocycles. The van der Waals surface area contributed by atoms with E-state index in [-0.39, 0.29) is 12.1 Å². The molecule has 13 heavy (non-hydrogen) atoms. The van der Waals surface area contributed by atoms with E-state index < -0.39 is 0 Å². The quantitative estimate of drug-likeness (QED) is 0.516. The second kappa shape index (κ2) is 4.22. The Hall–Kier alpha value is -1.12. The first-order valence-electron chi connectivity index (χ1n) is 4.34. The lowest BCUT2D eigenvalue weighted by Gasteiger charge is -2.04. The van der Waals surface area contributed by atoms with Gasteiger partial charge in [-0.2, -0.15) is 0 Å². The Labute approximate surface area is 79.8 Å². The molecule has 1 rings (SSSR count). The Morgan fingerprint density at radius 3 is 2.62 bits per heavy atom. The highest BCUT2D eigenvalue weighted by atomic mass is 16.1. The minimum atomic E-state index is -0.115. The molecule has 2 radical (unpaired) electrons. The van der Waals surface area contributed by atoms with Crippen LogP contribution in [0.3, 0.4) is 0 Å². The molecule has 0 amide bonds. The predicted molar refractivity (Wildman–Crippen MR) is 53.2 cm³/mol. The standard InChI is InChI=1S/C10H12BNO/c1-7(2)8-3-4-9(12-6-8)10(13)5-11/h3-4,6-7H,5H2,1-2H3. The van der Waals surface area contributed by atoms with Crippen molar-refractivity contribution in [1.82, 2.24) is 4.98 Å². The number of hydrogen-bond acceptors (Lipinski definition) is 2. The fraction of sp³-hybridized carbons (Fsp3) is 0.400. The summed E-state index contributed by atoms with van der Waals surface area (Å²) in [5.74, 6) is 0.324. The number of nitrogens with zero attached hydrogens (tertiary/aromatic N) is 1. The molecule has 0 aliphatic rings. The van der Waals surface area contributed by atoms with E-state index in [9.17, 15) is 4.79 Å². The third-order valence-electron chi connectivity index (χ3n) is 1.92. The van der Waals surface area contributed by atoms with Crippen molar-refractivity contribution in [2.75, 3.05) is 0 Å². The van der Waals surface area contributed by atoms with Crippen LogP contribution >= 0.6 is 0 Å². The van der Waals surface area contributed by atoms with Crippen LogP contribution in [0.1, 0.15) is 35.8 Å². The maximum atomic E-state index is 11.1. The van der Waals surface area contributed by atoms with Crippen LogP contribution in [0.25, 0.3) is 0 Å². The van der Waals surface area contributed by atoms with Gasteiger partial charge in [0.2, 0.25) is 0 Å². The lowest BCUT2D eigenvalue weighted by Crippen LogP contribution is -2.01. The number of rotatable bonds is 3. The van der Waals surface area contributed by atoms with Gasteiger partial charge in [-0.05, 0) is 23.9 Å². The molecule has 1 heterocycles. The zero-order chi connectivity index (χ0) is 9.84. The summed E-state index contributed by atoms with van der Waals surface area (Å²) in [5.41, 5.74) is 1.58. The predicted octanol–water partition coefficient (Wildman–Crippen LogP) is 1.97. The summed E-state index contributed by atoms with van der Waals surface area (Å²) < 4.78 is 0. The van der Waals surface area contributed by atoms with Crippen molar-refractivity contribution in [1.29, 1.82) is 0 Å². The van der Waals surface area contributed by atoms with Gasteiger partial charge in [-0.15, -0.1) is 0 Å². The van der Waals surface area contributed by atoms with Crippen molar-refractivity contribution < 1.29 is 4.79 Å². The third-order valence-corrected chi connectivity index (χ3v) is 1.92. The number of pyridine rings is 1. The molecular weight excluding hydrogens is 161 g/mol. The van der Waals surface area contributed by atoms with Gasteiger partial charge in [0.05, 0.1) is 7.85 Å². The summed E-state index contributed by atoms with van der Waals surface area (Å²) >= 11 is 0. The fourth-order valence-corrected chi connectivity index (χ4v) is 1.02. The van der Waals surface area contributed by atoms with Gasteiger partial charge in [0.25, 0.3) is 0 Å². The van der Waals surface area contributed by atoms with E-state index >= 15 is 0 Å². The van der Waals surface area contributed by atoms with E-state index in [1.807, 2.05) is 6.07 Å². The van der Waals surface area contributed by atoms with Crippen LogP contribution < -0.4 is 0 Å². The first kappa shape index (κ1) is 9.97. The third kappa shape index (κ3) is 2.41. The van der Waals surface area contributed by atoms with Gasteiger partial charge in [0, 0.05) is 6.20 Å². The number of Topliss-reactive ketones (excluding diaryl/α,β-unsaturated/α-hetero) is 1. The highest BCUT2D eigenvalue weighted by Gasteiger charge is 2.04. The Bertz CT molecular complexity index is 292. The van der Waals surface area contributed by atoms with Crippen molar-refractivity contribution in [3.05, 3.63) is 29.6 Å². The molecule has 0 atom stereocenters. The van der Waals surface area contributed by atoms with Crippen LogP contribution in [0, 0.1) is 0 Å². The van der Waals surface area contributed by atoms with Crippen LogP contribution in [0.2, 0.25) is 6.32 Å². The maximum absolute atomic E-state index is 11.1. The minimum Gasteiger partial charge on any atom is -0.293 e. The minimum absolute atomic E-state index is 0.0219. The van der Waals surface area contributed by atoms with E-state index in [1.54, 1.807) is 12.3 Å². The zero-order valence-corrected chi connectivity index (χ0v) is 7.95. The van der Waals surface area contributed by atoms with Crippen molar-refractivity contribution in [2.24, 2.45) is 0 Å². The monoisotopic (exact) mass is 173 g/mol. The van der Waals surface area contributed by atoms with Crippen LogP contribution in [-0.4, -0.2) is 18.6 Å². The SMILES string of the molecule is [B]CC(=O)c1ccc(C(C)C)cn1. The Kier molecular flexibility index (Phi) is 3.23. The number of hydrogen-bond donors (Lipinski definition) is 0. The van der Waals surface area contributed by atoms with Gasteiger partial charge < -0.3 is 0 Å². The molecule has 2 nitrogen and oxygen atoms in total. The van der Waals surface area contributed by atoms with Crippen LogP contribution in [0.15, 0.2) is 18.3 Å². The van der Waals surface area contributed by atoms with Crippen molar-refractivity contribution in [2.45, 2.75) is 26.1 Å². The number of carbonyl (C=O) groups excluding carboxylic acids is 1. The van der Waals surface area contributed by atoms with Crippen molar-refractivity contribution in [3.8, 4) is 0 Å². The molecule has 0 aromatic carbocycles. The molecule has 0 N–H and O–H groups in total. The molecule has 0 bridgehead atoms. The van der Waals surface area contributed by atoms with E-state index in [4.69, 9.17) is 7.85 Å². The molecule has 0 aliphatic heterocycles. The molecule has 3 heteroatoms. The van der Waals surface area contributed by atoms with Crippen LogP contribution in [-0.2, 0) is 0 Å². The molecule has 0 fully saturated rings. The zero-order valence-electron chi connectivity index (χ0n) is 7.95. The van der Waals surface area contributed by atoms with Gasteiger partial charge in [-0.25, -0.2) is 0 Å². The lowest BCUT2D eigenvalue weighted by molar-refractivity contribution is 0.101. The van der Waals surface area contributed by atoms with Crippen molar-refractivity contribution in [3.63, 3.8) is 0 Å². The van der Waals surface area contributed by atoms with Gasteiger partial charge in [0.1, 0.15) is 5.69 Å². The van der Waals surface area contributed by atoms with Gasteiger partial charge >= 0.3 is 0 Å². The van der Waals surface area contributed by atoms with Crippen LogP contribution in [0.5, 0.6) is 0 Å². The summed E-state index contributed by atoms with van der Waals surface area (Å²) in [4.78, 5) is 15.1. The Morgan fingerprint density at radius 2 is 2.23 bits per heavy atom. The van der Waals surface area contributed by atoms with E-state index in [0.717, 1.165) is 5.56 Å². The molecule has 0 unspecified atom stereocenters. The normalized spacial score (nSPS) is 10.4. The Balaban J connectivity index is 2.87. The summed E-state index contributed by atoms with van der Waals surface area (Å²) in [5, 5.41) is 0. The molecule has 0 spiro atoms. The molecule has 66 valence electrons. The average molecular weight is 173 g/mol. The fourth-order valence-electron chi connectivity index (χ4n) is 1.02. The smallest absolute Gasteiger partial charge is 0.172 e. The number of carbonyl (C=O) groups is 1. The largest absolute Gasteiger partial charge is 0.293 e. The second-order valence-electron chi connectivity index (χ2n) is 3.26. The summed E-state index contributed by atoms with van der Waals surface area (Å²) in [7, 11) is 5.21. The van der Waals surface area contributed by atoms with E-state index in [1.165, 1.54) is 0 Å². The molecule has 1 aromatic rings. The molecular formula is C10H12BNO. The average Bonchev–Trinajstić information content (AvgIpc) is 2.17. The maximum Gasteiger partial charge on any atom is 0.172 e. The number of ketones is 1. The summed E-state index contributed by atoms with van der Waals surface area (Å²) in [6, 6.07) is 3.64. The molecule has 0 aliphatic carbocycles. The first-order valence-corrected chi connectivity index (χ1v) is 4.34. The molecule has 0 saturated carbocycles. The van der Waals surface area contributed by atoms with E-state index in [0.29, 0.717) is 11.6 Å². The first-order chi connectivity index (χ1) is 6.15. The molecule has 0 saturated heterocycles. The van der Waals surface area contributed by atoms with Gasteiger partial charge in [0.15, 0.2) is 5.78 Å². The second-order valence-corrected chi connectivity index (χ2v) is 3.26. The number of aromatic nitrogens is 1. The topological polar surface area (TPSA) is 30.0 Å². The van der Waals surface area contributed by atoms with Gasteiger partial charge in [-0.1, -0.05) is 19.9 Å². The van der Waals surface area contributed by atoms with Crippen molar-refractivity contribution >= 4 is 13.6 Å².